The standard InChI is InChI=1S/C39H37N3O5/c1-24(2)47-34-15-14-25(21-35(34)46-3)20-33-37(43)40-39(45)42(38(33)44)28-22-31-29(26-10-6-4-7-11-26)16-18-41-19-17-30(32(23-28)36(31)41)27-12-8-5-9-13-27/h4-15,20-24,29-30H,16-19H2,1-3H3,(H,40,43,45)/b33-20+/t29-,30-/m0/s1. The summed E-state index contributed by atoms with van der Waals surface area (Å²) in [6, 6.07) is 29.2. The molecule has 3 aliphatic heterocycles. The summed E-state index contributed by atoms with van der Waals surface area (Å²) in [4.78, 5) is 44.4. The van der Waals surface area contributed by atoms with Crippen LogP contribution in [0.5, 0.6) is 11.5 Å². The molecule has 7 rings (SSSR count). The number of anilines is 2. The first kappa shape index (κ1) is 30.3. The van der Waals surface area contributed by atoms with E-state index < -0.39 is 17.8 Å². The summed E-state index contributed by atoms with van der Waals surface area (Å²) in [6.07, 6.45) is 3.26. The predicted molar refractivity (Wildman–Crippen MR) is 182 cm³/mol. The Morgan fingerprint density at radius 2 is 1.38 bits per heavy atom. The topological polar surface area (TPSA) is 88.2 Å². The molecular weight excluding hydrogens is 590 g/mol. The molecule has 4 amide bonds. The molecule has 1 saturated heterocycles. The van der Waals surface area contributed by atoms with Crippen LogP contribution in [0.25, 0.3) is 6.08 Å². The van der Waals surface area contributed by atoms with Crippen LogP contribution in [0.3, 0.4) is 0 Å². The molecule has 3 heterocycles. The molecule has 0 radical (unpaired) electrons. The van der Waals surface area contributed by atoms with E-state index in [1.807, 2.05) is 62.4 Å². The van der Waals surface area contributed by atoms with Crippen molar-refractivity contribution in [3.05, 3.63) is 124 Å². The number of ether oxygens (including phenoxy) is 2. The van der Waals surface area contributed by atoms with E-state index in [1.165, 1.54) is 30.0 Å². The molecule has 0 aliphatic carbocycles. The van der Waals surface area contributed by atoms with Gasteiger partial charge >= 0.3 is 6.03 Å². The summed E-state index contributed by atoms with van der Waals surface area (Å²) in [7, 11) is 1.54. The van der Waals surface area contributed by atoms with Crippen LogP contribution in [0, 0.1) is 0 Å². The second kappa shape index (κ2) is 12.4. The first-order chi connectivity index (χ1) is 22.8. The van der Waals surface area contributed by atoms with Crippen LogP contribution in [0.15, 0.2) is 96.6 Å². The van der Waals surface area contributed by atoms with E-state index in [0.717, 1.165) is 42.0 Å². The summed E-state index contributed by atoms with van der Waals surface area (Å²) >= 11 is 0. The Kier molecular flexibility index (Phi) is 8.02. The second-order valence-corrected chi connectivity index (χ2v) is 12.5. The number of urea groups is 1. The molecule has 0 bridgehead atoms. The number of nitrogens with zero attached hydrogens (tertiary/aromatic N) is 2. The number of hydrogen-bond donors (Lipinski definition) is 1. The van der Waals surface area contributed by atoms with Crippen molar-refractivity contribution in [1.29, 1.82) is 0 Å². The highest BCUT2D eigenvalue weighted by atomic mass is 16.5. The number of rotatable bonds is 7. The van der Waals surface area contributed by atoms with Crippen molar-refractivity contribution in [2.24, 2.45) is 0 Å². The van der Waals surface area contributed by atoms with Gasteiger partial charge in [0.05, 0.1) is 18.9 Å². The molecule has 0 aromatic heterocycles. The largest absolute Gasteiger partial charge is 0.493 e. The van der Waals surface area contributed by atoms with Gasteiger partial charge in [0, 0.05) is 30.6 Å². The molecule has 47 heavy (non-hydrogen) atoms. The van der Waals surface area contributed by atoms with Gasteiger partial charge in [-0.05, 0) is 84.8 Å². The molecule has 0 spiro atoms. The molecule has 1 fully saturated rings. The minimum Gasteiger partial charge on any atom is -0.493 e. The van der Waals surface area contributed by atoms with E-state index in [0.29, 0.717) is 22.7 Å². The minimum atomic E-state index is -0.765. The van der Waals surface area contributed by atoms with Gasteiger partial charge in [0.25, 0.3) is 11.8 Å². The van der Waals surface area contributed by atoms with Crippen molar-refractivity contribution in [2.45, 2.75) is 44.6 Å². The number of carbonyl (C=O) groups excluding carboxylic acids is 3. The van der Waals surface area contributed by atoms with Crippen molar-refractivity contribution in [3.8, 4) is 11.5 Å². The first-order valence-electron chi connectivity index (χ1n) is 16.1. The fourth-order valence-corrected chi connectivity index (χ4v) is 7.15. The molecule has 8 nitrogen and oxygen atoms in total. The monoisotopic (exact) mass is 627 g/mol. The number of barbiturate groups is 1. The Bertz CT molecular complexity index is 1810. The van der Waals surface area contributed by atoms with Crippen molar-refractivity contribution in [2.75, 3.05) is 30.0 Å². The zero-order valence-electron chi connectivity index (χ0n) is 26.7. The highest BCUT2D eigenvalue weighted by Crippen LogP contribution is 2.50. The van der Waals surface area contributed by atoms with Crippen LogP contribution < -0.4 is 24.6 Å². The molecule has 1 N–H and O–H groups in total. The van der Waals surface area contributed by atoms with Crippen LogP contribution in [0.2, 0.25) is 0 Å². The van der Waals surface area contributed by atoms with Crippen LogP contribution >= 0.6 is 0 Å². The third-order valence-electron chi connectivity index (χ3n) is 9.22. The van der Waals surface area contributed by atoms with Gasteiger partial charge in [-0.15, -0.1) is 0 Å². The third-order valence-corrected chi connectivity index (χ3v) is 9.22. The fourth-order valence-electron chi connectivity index (χ4n) is 7.15. The van der Waals surface area contributed by atoms with E-state index in [1.54, 1.807) is 18.2 Å². The van der Waals surface area contributed by atoms with Gasteiger partial charge < -0.3 is 14.4 Å². The SMILES string of the molecule is COc1cc(/C=C2\C(=O)NC(=O)N(c3cc4c5c(c3)[C@H](c3ccccc3)CCN5CC[C@H]4c3ccccc3)C2=O)ccc1OC(C)C. The highest BCUT2D eigenvalue weighted by molar-refractivity contribution is 6.39. The number of amides is 4. The Hall–Kier alpha value is -5.37. The van der Waals surface area contributed by atoms with Crippen LogP contribution in [-0.4, -0.2) is 44.1 Å². The lowest BCUT2D eigenvalue weighted by Gasteiger charge is -2.44. The van der Waals surface area contributed by atoms with E-state index in [-0.39, 0.29) is 23.5 Å². The van der Waals surface area contributed by atoms with E-state index in [2.05, 4.69) is 34.5 Å². The Labute approximate surface area is 274 Å². The average Bonchev–Trinajstić information content (AvgIpc) is 3.08. The maximum atomic E-state index is 14.2. The highest BCUT2D eigenvalue weighted by Gasteiger charge is 2.40. The number of nitrogens with one attached hydrogen (secondary N) is 1. The molecule has 0 unspecified atom stereocenters. The zero-order valence-corrected chi connectivity index (χ0v) is 26.7. The Morgan fingerprint density at radius 1 is 0.787 bits per heavy atom. The van der Waals surface area contributed by atoms with Gasteiger partial charge in [-0.2, -0.15) is 0 Å². The molecule has 3 aliphatic rings. The molecule has 4 aromatic rings. The number of benzene rings is 4. The molecule has 238 valence electrons. The zero-order chi connectivity index (χ0) is 32.7. The number of imide groups is 2. The van der Waals surface area contributed by atoms with Gasteiger partial charge in [0.2, 0.25) is 0 Å². The van der Waals surface area contributed by atoms with E-state index in [4.69, 9.17) is 9.47 Å². The van der Waals surface area contributed by atoms with E-state index in [9.17, 15) is 14.4 Å². The maximum absolute atomic E-state index is 14.2. The molecular formula is C39H37N3O5. The molecule has 4 aromatic carbocycles. The summed E-state index contributed by atoms with van der Waals surface area (Å²) in [5.41, 5.74) is 6.61. The van der Waals surface area contributed by atoms with Gasteiger partial charge in [-0.3, -0.25) is 14.9 Å². The molecule has 0 saturated carbocycles. The summed E-state index contributed by atoms with van der Waals surface area (Å²) in [5.74, 6) is -0.208. The lowest BCUT2D eigenvalue weighted by molar-refractivity contribution is -0.122. The van der Waals surface area contributed by atoms with Crippen LogP contribution in [-0.2, 0) is 9.59 Å². The Balaban J connectivity index is 1.35. The van der Waals surface area contributed by atoms with Crippen molar-refractivity contribution >= 4 is 35.3 Å². The summed E-state index contributed by atoms with van der Waals surface area (Å²) in [5, 5.41) is 2.41. The number of carbonyl (C=O) groups is 3. The number of hydrogen-bond acceptors (Lipinski definition) is 6. The average molecular weight is 628 g/mol. The smallest absolute Gasteiger partial charge is 0.335 e. The van der Waals surface area contributed by atoms with Gasteiger partial charge in [-0.1, -0.05) is 66.7 Å². The molecule has 8 heteroatoms. The van der Waals surface area contributed by atoms with E-state index >= 15 is 0 Å². The van der Waals surface area contributed by atoms with Crippen LogP contribution in [0.4, 0.5) is 16.2 Å². The first-order valence-corrected chi connectivity index (χ1v) is 16.1. The third kappa shape index (κ3) is 5.65. The number of methoxy groups -OCH3 is 1. The Morgan fingerprint density at radius 3 is 1.94 bits per heavy atom. The summed E-state index contributed by atoms with van der Waals surface area (Å²) < 4.78 is 11.3. The quantitative estimate of drug-likeness (QED) is 0.175. The predicted octanol–water partition coefficient (Wildman–Crippen LogP) is 7.03. The van der Waals surface area contributed by atoms with Gasteiger partial charge in [-0.25, -0.2) is 9.69 Å². The van der Waals surface area contributed by atoms with Crippen molar-refractivity contribution in [3.63, 3.8) is 0 Å². The van der Waals surface area contributed by atoms with Gasteiger partial charge in [0.1, 0.15) is 5.57 Å². The minimum absolute atomic E-state index is 0.0599. The normalized spacial score (nSPS) is 19.9. The van der Waals surface area contributed by atoms with Crippen molar-refractivity contribution < 1.29 is 23.9 Å². The lowest BCUT2D eigenvalue weighted by Crippen LogP contribution is -2.54. The molecule has 2 atom stereocenters. The van der Waals surface area contributed by atoms with Crippen LogP contribution in [0.1, 0.15) is 66.3 Å². The fraction of sp³-hybridized carbons (Fsp3) is 0.256. The van der Waals surface area contributed by atoms with Gasteiger partial charge in [0.15, 0.2) is 11.5 Å². The lowest BCUT2D eigenvalue weighted by atomic mass is 9.76. The second-order valence-electron chi connectivity index (χ2n) is 12.5. The maximum Gasteiger partial charge on any atom is 0.335 e. The van der Waals surface area contributed by atoms with Crippen molar-refractivity contribution in [1.82, 2.24) is 5.32 Å². The summed E-state index contributed by atoms with van der Waals surface area (Å²) in [6.45, 7) is 5.69.